The van der Waals surface area contributed by atoms with Gasteiger partial charge in [-0.15, -0.1) is 0 Å². The van der Waals surface area contributed by atoms with Crippen LogP contribution in [0.15, 0.2) is 36.4 Å². The van der Waals surface area contributed by atoms with Crippen molar-refractivity contribution in [2.45, 2.75) is 13.8 Å². The van der Waals surface area contributed by atoms with E-state index in [1.807, 2.05) is 19.9 Å². The second-order valence-electron chi connectivity index (χ2n) is 6.13. The molecular formula is C20H19NO6. The summed E-state index contributed by atoms with van der Waals surface area (Å²) in [5.41, 5.74) is 2.88. The lowest BCUT2D eigenvalue weighted by molar-refractivity contribution is -0.141. The molecule has 0 fully saturated rings. The van der Waals surface area contributed by atoms with Crippen molar-refractivity contribution >= 4 is 17.7 Å². The number of ketones is 1. The van der Waals surface area contributed by atoms with Gasteiger partial charge in [-0.1, -0.05) is 12.1 Å². The van der Waals surface area contributed by atoms with E-state index in [4.69, 9.17) is 14.2 Å². The molecule has 0 saturated carbocycles. The lowest BCUT2D eigenvalue weighted by Gasteiger charge is -2.08. The third kappa shape index (κ3) is 4.44. The van der Waals surface area contributed by atoms with Crippen LogP contribution in [0.1, 0.15) is 31.8 Å². The van der Waals surface area contributed by atoms with Crippen molar-refractivity contribution in [2.75, 3.05) is 19.9 Å². The molecule has 0 unspecified atom stereocenters. The monoisotopic (exact) mass is 369 g/mol. The number of benzene rings is 2. The van der Waals surface area contributed by atoms with E-state index in [1.54, 1.807) is 24.3 Å². The summed E-state index contributed by atoms with van der Waals surface area (Å²) >= 11 is 0. The molecule has 140 valence electrons. The van der Waals surface area contributed by atoms with Gasteiger partial charge in [-0.2, -0.15) is 0 Å². The van der Waals surface area contributed by atoms with E-state index in [0.29, 0.717) is 22.6 Å². The summed E-state index contributed by atoms with van der Waals surface area (Å²) in [6.07, 6.45) is 0. The van der Waals surface area contributed by atoms with Crippen molar-refractivity contribution in [2.24, 2.45) is 0 Å². The summed E-state index contributed by atoms with van der Waals surface area (Å²) < 4.78 is 15.3. The average molecular weight is 369 g/mol. The number of fused-ring (bicyclic) bond motifs is 1. The van der Waals surface area contributed by atoms with Gasteiger partial charge in [0.25, 0.3) is 5.91 Å². The van der Waals surface area contributed by atoms with E-state index in [-0.39, 0.29) is 25.7 Å². The Hall–Kier alpha value is -3.35. The normalized spacial score (nSPS) is 11.8. The molecule has 1 amide bonds. The minimum Gasteiger partial charge on any atom is -0.456 e. The first-order valence-corrected chi connectivity index (χ1v) is 8.38. The molecule has 0 saturated heterocycles. The van der Waals surface area contributed by atoms with Gasteiger partial charge in [0, 0.05) is 11.1 Å². The van der Waals surface area contributed by atoms with Gasteiger partial charge in [0.1, 0.15) is 6.54 Å². The molecule has 1 aliphatic rings. The SMILES string of the molecule is Cc1ccc(C(=O)COC(=O)CNC(=O)c2ccc3c(c2)OCO3)cc1C. The Labute approximate surface area is 156 Å². The average Bonchev–Trinajstić information content (AvgIpc) is 3.14. The molecule has 1 N–H and O–H groups in total. The Balaban J connectivity index is 1.47. The Bertz CT molecular complexity index is 905. The molecule has 0 atom stereocenters. The molecule has 27 heavy (non-hydrogen) atoms. The maximum Gasteiger partial charge on any atom is 0.325 e. The number of esters is 1. The lowest BCUT2D eigenvalue weighted by Crippen LogP contribution is -2.31. The minimum atomic E-state index is -0.693. The van der Waals surface area contributed by atoms with Crippen LogP contribution in [0.5, 0.6) is 11.5 Å². The zero-order valence-electron chi connectivity index (χ0n) is 15.0. The topological polar surface area (TPSA) is 90.9 Å². The number of nitrogens with one attached hydrogen (secondary N) is 1. The molecular weight excluding hydrogens is 350 g/mol. The Morgan fingerprint density at radius 1 is 0.963 bits per heavy atom. The number of hydrogen-bond donors (Lipinski definition) is 1. The number of aryl methyl sites for hydroxylation is 2. The maximum atomic E-state index is 12.1. The van der Waals surface area contributed by atoms with Gasteiger partial charge in [0.2, 0.25) is 6.79 Å². The highest BCUT2D eigenvalue weighted by atomic mass is 16.7. The third-order valence-corrected chi connectivity index (χ3v) is 4.22. The molecule has 2 aromatic carbocycles. The van der Waals surface area contributed by atoms with Crippen LogP contribution in [0.25, 0.3) is 0 Å². The number of carbonyl (C=O) groups excluding carboxylic acids is 3. The largest absolute Gasteiger partial charge is 0.456 e. The van der Waals surface area contributed by atoms with Crippen LogP contribution in [0.3, 0.4) is 0 Å². The van der Waals surface area contributed by atoms with Gasteiger partial charge in [-0.3, -0.25) is 14.4 Å². The number of amides is 1. The number of ether oxygens (including phenoxy) is 3. The van der Waals surface area contributed by atoms with Crippen LogP contribution < -0.4 is 14.8 Å². The molecule has 0 bridgehead atoms. The highest BCUT2D eigenvalue weighted by Gasteiger charge is 2.17. The van der Waals surface area contributed by atoms with Crippen LogP contribution in [-0.2, 0) is 9.53 Å². The van der Waals surface area contributed by atoms with Crippen molar-refractivity contribution in [1.29, 1.82) is 0 Å². The van der Waals surface area contributed by atoms with E-state index in [9.17, 15) is 14.4 Å². The van der Waals surface area contributed by atoms with Gasteiger partial charge in [0.05, 0.1) is 0 Å². The van der Waals surface area contributed by atoms with Gasteiger partial charge in [-0.25, -0.2) is 0 Å². The molecule has 0 aliphatic carbocycles. The molecule has 0 spiro atoms. The summed E-state index contributed by atoms with van der Waals surface area (Å²) in [5, 5.41) is 2.45. The van der Waals surface area contributed by atoms with Gasteiger partial charge in [0.15, 0.2) is 23.9 Å². The van der Waals surface area contributed by atoms with Crippen LogP contribution >= 0.6 is 0 Å². The molecule has 0 radical (unpaired) electrons. The summed E-state index contributed by atoms with van der Waals surface area (Å²) in [7, 11) is 0. The highest BCUT2D eigenvalue weighted by Crippen LogP contribution is 2.32. The number of Topliss-reactive ketones (excluding diaryl/α,β-unsaturated/α-hetero) is 1. The van der Waals surface area contributed by atoms with Gasteiger partial charge >= 0.3 is 5.97 Å². The molecule has 1 aliphatic heterocycles. The summed E-state index contributed by atoms with van der Waals surface area (Å²) in [4.78, 5) is 36.0. The van der Waals surface area contributed by atoms with Gasteiger partial charge in [-0.05, 0) is 49.2 Å². The van der Waals surface area contributed by atoms with E-state index in [0.717, 1.165) is 11.1 Å². The van der Waals surface area contributed by atoms with E-state index in [1.165, 1.54) is 6.07 Å². The second kappa shape index (κ2) is 7.90. The van der Waals surface area contributed by atoms with Crippen LogP contribution in [-0.4, -0.2) is 37.6 Å². The van der Waals surface area contributed by atoms with Crippen molar-refractivity contribution < 1.29 is 28.6 Å². The zero-order valence-corrected chi connectivity index (χ0v) is 15.0. The van der Waals surface area contributed by atoms with Crippen molar-refractivity contribution in [1.82, 2.24) is 5.32 Å². The highest BCUT2D eigenvalue weighted by molar-refractivity contribution is 5.99. The smallest absolute Gasteiger partial charge is 0.325 e. The molecule has 0 aromatic heterocycles. The fraction of sp³-hybridized carbons (Fsp3) is 0.250. The summed E-state index contributed by atoms with van der Waals surface area (Å²) in [6.45, 7) is 3.26. The first kappa shape index (κ1) is 18.4. The van der Waals surface area contributed by atoms with Crippen molar-refractivity contribution in [3.05, 3.63) is 58.7 Å². The van der Waals surface area contributed by atoms with Crippen LogP contribution in [0.4, 0.5) is 0 Å². The maximum absolute atomic E-state index is 12.1. The third-order valence-electron chi connectivity index (χ3n) is 4.22. The molecule has 7 heteroatoms. The quantitative estimate of drug-likeness (QED) is 0.620. The summed E-state index contributed by atoms with van der Waals surface area (Å²) in [6, 6.07) is 10.0. The predicted octanol–water partition coefficient (Wildman–Crippen LogP) is 2.19. The van der Waals surface area contributed by atoms with Crippen LogP contribution in [0.2, 0.25) is 0 Å². The lowest BCUT2D eigenvalue weighted by atomic mass is 10.0. The second-order valence-corrected chi connectivity index (χ2v) is 6.13. The molecule has 3 rings (SSSR count). The molecule has 2 aromatic rings. The Morgan fingerprint density at radius 2 is 1.70 bits per heavy atom. The number of rotatable bonds is 6. The van der Waals surface area contributed by atoms with E-state index in [2.05, 4.69) is 5.32 Å². The van der Waals surface area contributed by atoms with Gasteiger partial charge < -0.3 is 19.5 Å². The molecule has 1 heterocycles. The summed E-state index contributed by atoms with van der Waals surface area (Å²) in [5.74, 6) is -0.402. The van der Waals surface area contributed by atoms with E-state index >= 15 is 0 Å². The number of hydrogen-bond acceptors (Lipinski definition) is 6. The fourth-order valence-electron chi connectivity index (χ4n) is 2.49. The minimum absolute atomic E-state index is 0.112. The standard InChI is InChI=1S/C20H19NO6/c1-12-3-4-14(7-13(12)2)16(22)10-25-19(23)9-21-20(24)15-5-6-17-18(8-15)27-11-26-17/h3-8H,9-11H2,1-2H3,(H,21,24). The van der Waals surface area contributed by atoms with E-state index < -0.39 is 11.9 Å². The predicted molar refractivity (Wildman–Crippen MR) is 96.1 cm³/mol. The van der Waals surface area contributed by atoms with Crippen molar-refractivity contribution in [3.8, 4) is 11.5 Å². The first-order valence-electron chi connectivity index (χ1n) is 8.38. The fourth-order valence-corrected chi connectivity index (χ4v) is 2.49. The van der Waals surface area contributed by atoms with Crippen molar-refractivity contribution in [3.63, 3.8) is 0 Å². The number of carbonyl (C=O) groups is 3. The van der Waals surface area contributed by atoms with Crippen LogP contribution in [0, 0.1) is 13.8 Å². The first-order chi connectivity index (χ1) is 12.9. The Kier molecular flexibility index (Phi) is 5.40. The Morgan fingerprint density at radius 3 is 2.48 bits per heavy atom. The molecule has 7 nitrogen and oxygen atoms in total. The zero-order chi connectivity index (χ0) is 19.4.